The maximum Gasteiger partial charge on any atom is 0.166 e. The van der Waals surface area contributed by atoms with Crippen molar-refractivity contribution in [1.29, 1.82) is 0 Å². The zero-order valence-electron chi connectivity index (χ0n) is 8.50. The number of hydrogen-bond acceptors (Lipinski definition) is 1. The highest BCUT2D eigenvalue weighted by Crippen LogP contribution is 2.10. The van der Waals surface area contributed by atoms with Crippen LogP contribution >= 0.6 is 11.6 Å². The molecule has 78 valence electrons. The quantitative estimate of drug-likeness (QED) is 0.405. The SMILES string of the molecule is Cn1cc(CCCCCCl)cc1C=O. The molecular formula is C11H16ClNO. The summed E-state index contributed by atoms with van der Waals surface area (Å²) >= 11 is 5.58. The predicted octanol–water partition coefficient (Wildman–Crippen LogP) is 2.79. The van der Waals surface area contributed by atoms with Crippen LogP contribution in [-0.4, -0.2) is 16.7 Å². The molecule has 1 aromatic rings. The van der Waals surface area contributed by atoms with Crippen LogP contribution in [0.2, 0.25) is 0 Å². The molecule has 0 unspecified atom stereocenters. The molecule has 0 aliphatic rings. The van der Waals surface area contributed by atoms with Gasteiger partial charge >= 0.3 is 0 Å². The van der Waals surface area contributed by atoms with E-state index in [0.717, 1.165) is 43.5 Å². The fourth-order valence-corrected chi connectivity index (χ4v) is 1.70. The van der Waals surface area contributed by atoms with Crippen molar-refractivity contribution in [2.75, 3.05) is 5.88 Å². The van der Waals surface area contributed by atoms with Gasteiger partial charge in [-0.05, 0) is 30.9 Å². The highest BCUT2D eigenvalue weighted by atomic mass is 35.5. The molecule has 0 amide bonds. The van der Waals surface area contributed by atoms with Gasteiger partial charge in [-0.3, -0.25) is 4.79 Å². The summed E-state index contributed by atoms with van der Waals surface area (Å²) in [5, 5.41) is 0. The minimum atomic E-state index is 0.744. The van der Waals surface area contributed by atoms with Crippen LogP contribution in [0.4, 0.5) is 0 Å². The fourth-order valence-electron chi connectivity index (χ4n) is 1.51. The van der Waals surface area contributed by atoms with Gasteiger partial charge in [-0.15, -0.1) is 11.6 Å². The van der Waals surface area contributed by atoms with E-state index in [2.05, 4.69) is 0 Å². The van der Waals surface area contributed by atoms with Gasteiger partial charge in [0.05, 0.1) is 5.69 Å². The minimum Gasteiger partial charge on any atom is -0.348 e. The maximum absolute atomic E-state index is 10.6. The lowest BCUT2D eigenvalue weighted by Gasteiger charge is -1.96. The van der Waals surface area contributed by atoms with Crippen LogP contribution in [0, 0.1) is 0 Å². The van der Waals surface area contributed by atoms with Crippen LogP contribution in [0.5, 0.6) is 0 Å². The van der Waals surface area contributed by atoms with Crippen molar-refractivity contribution in [2.24, 2.45) is 7.05 Å². The second-order valence-corrected chi connectivity index (χ2v) is 3.88. The first-order valence-corrected chi connectivity index (χ1v) is 5.47. The Morgan fingerprint density at radius 1 is 1.43 bits per heavy atom. The molecule has 0 radical (unpaired) electrons. The molecule has 0 saturated carbocycles. The molecule has 0 bridgehead atoms. The first-order chi connectivity index (χ1) is 6.77. The third kappa shape index (κ3) is 3.18. The van der Waals surface area contributed by atoms with Gasteiger partial charge in [-0.25, -0.2) is 0 Å². The number of aryl methyl sites for hydroxylation is 2. The van der Waals surface area contributed by atoms with E-state index in [1.54, 1.807) is 0 Å². The Morgan fingerprint density at radius 3 is 2.79 bits per heavy atom. The molecule has 14 heavy (non-hydrogen) atoms. The topological polar surface area (TPSA) is 22.0 Å². The molecule has 0 N–H and O–H groups in total. The zero-order valence-corrected chi connectivity index (χ0v) is 9.26. The molecular weight excluding hydrogens is 198 g/mol. The van der Waals surface area contributed by atoms with Crippen molar-refractivity contribution in [1.82, 2.24) is 4.57 Å². The second-order valence-electron chi connectivity index (χ2n) is 3.50. The molecule has 0 fully saturated rings. The van der Waals surface area contributed by atoms with Crippen molar-refractivity contribution < 1.29 is 4.79 Å². The van der Waals surface area contributed by atoms with Gasteiger partial charge in [0.25, 0.3) is 0 Å². The Morgan fingerprint density at radius 2 is 2.21 bits per heavy atom. The normalized spacial score (nSPS) is 10.4. The molecule has 0 aromatic carbocycles. The third-order valence-corrected chi connectivity index (χ3v) is 2.59. The zero-order chi connectivity index (χ0) is 10.4. The fraction of sp³-hybridized carbons (Fsp3) is 0.545. The van der Waals surface area contributed by atoms with Gasteiger partial charge < -0.3 is 4.57 Å². The number of halogens is 1. The number of alkyl halides is 1. The van der Waals surface area contributed by atoms with Crippen molar-refractivity contribution in [2.45, 2.75) is 25.7 Å². The summed E-state index contributed by atoms with van der Waals surface area (Å²) in [4.78, 5) is 10.6. The highest BCUT2D eigenvalue weighted by molar-refractivity contribution is 6.17. The number of hydrogen-bond donors (Lipinski definition) is 0. The summed E-state index contributed by atoms with van der Waals surface area (Å²) in [6, 6.07) is 1.95. The summed E-state index contributed by atoms with van der Waals surface area (Å²) in [6.07, 6.45) is 7.34. The molecule has 1 heterocycles. The second kappa shape index (κ2) is 5.86. The van der Waals surface area contributed by atoms with E-state index in [1.807, 2.05) is 23.9 Å². The lowest BCUT2D eigenvalue weighted by atomic mass is 10.1. The lowest BCUT2D eigenvalue weighted by molar-refractivity contribution is 0.111. The van der Waals surface area contributed by atoms with Gasteiger partial charge in [0.1, 0.15) is 0 Å². The van der Waals surface area contributed by atoms with E-state index in [9.17, 15) is 4.79 Å². The van der Waals surface area contributed by atoms with E-state index < -0.39 is 0 Å². The third-order valence-electron chi connectivity index (χ3n) is 2.32. The Bertz CT molecular complexity index is 293. The smallest absolute Gasteiger partial charge is 0.166 e. The molecule has 0 aliphatic carbocycles. The van der Waals surface area contributed by atoms with Gasteiger partial charge in [0.15, 0.2) is 6.29 Å². The Labute approximate surface area is 89.9 Å². The number of rotatable bonds is 6. The first-order valence-electron chi connectivity index (χ1n) is 4.94. The number of carbonyl (C=O) groups excluding carboxylic acids is 1. The molecule has 1 rings (SSSR count). The summed E-state index contributed by atoms with van der Waals surface area (Å²) in [5.74, 6) is 0.744. The van der Waals surface area contributed by atoms with E-state index in [-0.39, 0.29) is 0 Å². The first kappa shape index (κ1) is 11.3. The number of aromatic nitrogens is 1. The number of unbranched alkanes of at least 4 members (excludes halogenated alkanes) is 2. The Hall–Kier alpha value is -0.760. The molecule has 0 aliphatic heterocycles. The van der Waals surface area contributed by atoms with Crippen LogP contribution in [0.25, 0.3) is 0 Å². The minimum absolute atomic E-state index is 0.744. The van der Waals surface area contributed by atoms with Crippen molar-refractivity contribution >= 4 is 17.9 Å². The molecule has 0 atom stereocenters. The van der Waals surface area contributed by atoms with Gasteiger partial charge in [0, 0.05) is 19.1 Å². The average molecular weight is 214 g/mol. The van der Waals surface area contributed by atoms with Gasteiger partial charge in [-0.2, -0.15) is 0 Å². The average Bonchev–Trinajstić information content (AvgIpc) is 2.54. The molecule has 2 nitrogen and oxygen atoms in total. The van der Waals surface area contributed by atoms with E-state index >= 15 is 0 Å². The van der Waals surface area contributed by atoms with Crippen molar-refractivity contribution in [3.63, 3.8) is 0 Å². The summed E-state index contributed by atoms with van der Waals surface area (Å²) in [5.41, 5.74) is 1.99. The van der Waals surface area contributed by atoms with Crippen LogP contribution < -0.4 is 0 Å². The van der Waals surface area contributed by atoms with Crippen LogP contribution in [0.1, 0.15) is 35.3 Å². The van der Waals surface area contributed by atoms with Gasteiger partial charge in [-0.1, -0.05) is 6.42 Å². The van der Waals surface area contributed by atoms with Crippen molar-refractivity contribution in [3.8, 4) is 0 Å². The molecule has 1 aromatic heterocycles. The van der Waals surface area contributed by atoms with Gasteiger partial charge in [0.2, 0.25) is 0 Å². The number of nitrogens with zero attached hydrogens (tertiary/aromatic N) is 1. The number of carbonyl (C=O) groups is 1. The highest BCUT2D eigenvalue weighted by Gasteiger charge is 2.01. The Kier molecular flexibility index (Phi) is 4.74. The van der Waals surface area contributed by atoms with Crippen molar-refractivity contribution in [3.05, 3.63) is 23.5 Å². The Balaban J connectivity index is 2.39. The maximum atomic E-state index is 10.6. The van der Waals surface area contributed by atoms with Crippen LogP contribution in [0.15, 0.2) is 12.3 Å². The predicted molar refractivity (Wildman–Crippen MR) is 59.1 cm³/mol. The van der Waals surface area contributed by atoms with E-state index in [0.29, 0.717) is 0 Å². The van der Waals surface area contributed by atoms with E-state index in [4.69, 9.17) is 11.6 Å². The number of aldehydes is 1. The molecule has 0 saturated heterocycles. The van der Waals surface area contributed by atoms with Crippen LogP contribution in [-0.2, 0) is 13.5 Å². The lowest BCUT2D eigenvalue weighted by Crippen LogP contribution is -1.90. The standard InChI is InChI=1S/C11H16ClNO/c1-13-8-10(7-11(13)9-14)5-3-2-4-6-12/h7-9H,2-6H2,1H3. The summed E-state index contributed by atoms with van der Waals surface area (Å²) in [7, 11) is 1.89. The largest absolute Gasteiger partial charge is 0.348 e. The molecule has 0 spiro atoms. The molecule has 3 heteroatoms. The van der Waals surface area contributed by atoms with E-state index in [1.165, 1.54) is 5.56 Å². The summed E-state index contributed by atoms with van der Waals surface area (Å²) < 4.78 is 1.86. The monoisotopic (exact) mass is 213 g/mol. The summed E-state index contributed by atoms with van der Waals surface area (Å²) in [6.45, 7) is 0. The van der Waals surface area contributed by atoms with Crippen LogP contribution in [0.3, 0.4) is 0 Å².